The van der Waals surface area contributed by atoms with Gasteiger partial charge in [0, 0.05) is 6.92 Å². The quantitative estimate of drug-likeness (QED) is 0.603. The zero-order valence-corrected chi connectivity index (χ0v) is 10.5. The highest BCUT2D eigenvalue weighted by Crippen LogP contribution is 2.36. The Morgan fingerprint density at radius 2 is 2.00 bits per heavy atom. The van der Waals surface area contributed by atoms with Gasteiger partial charge in [-0.25, -0.2) is 0 Å². The molecule has 1 aromatic carbocycles. The summed E-state index contributed by atoms with van der Waals surface area (Å²) in [5.74, 6) is -0.604. The smallest absolute Gasteiger partial charge is 0.416 e. The van der Waals surface area contributed by atoms with Crippen molar-refractivity contribution >= 4 is 5.97 Å². The highest BCUT2D eigenvalue weighted by molar-refractivity contribution is 5.70. The SMILES string of the molecule is CCC(C)c1ccc(C(F)(F)F)cc1OC(C)=O. The molecule has 0 N–H and O–H groups in total. The third-order valence-corrected chi connectivity index (χ3v) is 2.74. The van der Waals surface area contributed by atoms with Crippen molar-refractivity contribution in [1.82, 2.24) is 0 Å². The van der Waals surface area contributed by atoms with Crippen LogP contribution >= 0.6 is 0 Å². The van der Waals surface area contributed by atoms with Gasteiger partial charge in [-0.2, -0.15) is 13.2 Å². The maximum Gasteiger partial charge on any atom is 0.416 e. The lowest BCUT2D eigenvalue weighted by molar-refractivity contribution is -0.138. The van der Waals surface area contributed by atoms with Crippen LogP contribution in [0.3, 0.4) is 0 Å². The van der Waals surface area contributed by atoms with Gasteiger partial charge in [0.25, 0.3) is 0 Å². The van der Waals surface area contributed by atoms with Gasteiger partial charge in [0.1, 0.15) is 5.75 Å². The first-order valence-corrected chi connectivity index (χ1v) is 5.65. The minimum atomic E-state index is -4.44. The van der Waals surface area contributed by atoms with Crippen LogP contribution in [-0.4, -0.2) is 5.97 Å². The topological polar surface area (TPSA) is 26.3 Å². The van der Waals surface area contributed by atoms with Gasteiger partial charge in [-0.1, -0.05) is 19.9 Å². The molecule has 100 valence electrons. The van der Waals surface area contributed by atoms with E-state index in [1.165, 1.54) is 13.0 Å². The number of alkyl halides is 3. The van der Waals surface area contributed by atoms with Crippen molar-refractivity contribution in [3.8, 4) is 5.75 Å². The first kappa shape index (κ1) is 14.5. The third-order valence-electron chi connectivity index (χ3n) is 2.74. The van der Waals surface area contributed by atoms with E-state index in [0.29, 0.717) is 5.56 Å². The van der Waals surface area contributed by atoms with Crippen molar-refractivity contribution < 1.29 is 22.7 Å². The predicted molar refractivity (Wildman–Crippen MR) is 61.5 cm³/mol. The Morgan fingerprint density at radius 1 is 1.39 bits per heavy atom. The molecule has 0 saturated heterocycles. The van der Waals surface area contributed by atoms with Gasteiger partial charge in [0.2, 0.25) is 0 Å². The summed E-state index contributed by atoms with van der Waals surface area (Å²) < 4.78 is 42.6. The van der Waals surface area contributed by atoms with Gasteiger partial charge in [0.15, 0.2) is 0 Å². The van der Waals surface area contributed by atoms with E-state index < -0.39 is 17.7 Å². The van der Waals surface area contributed by atoms with E-state index in [9.17, 15) is 18.0 Å². The molecule has 0 saturated carbocycles. The summed E-state index contributed by atoms with van der Waals surface area (Å²) in [4.78, 5) is 10.9. The molecule has 0 aliphatic rings. The van der Waals surface area contributed by atoms with E-state index in [-0.39, 0.29) is 11.7 Å². The van der Waals surface area contributed by atoms with Crippen LogP contribution in [-0.2, 0) is 11.0 Å². The van der Waals surface area contributed by atoms with Crippen LogP contribution in [0, 0.1) is 0 Å². The van der Waals surface area contributed by atoms with Crippen molar-refractivity contribution in [1.29, 1.82) is 0 Å². The molecule has 1 atom stereocenters. The minimum absolute atomic E-state index is 0.00771. The van der Waals surface area contributed by atoms with Crippen molar-refractivity contribution in [2.75, 3.05) is 0 Å². The number of benzene rings is 1. The highest BCUT2D eigenvalue weighted by Gasteiger charge is 2.31. The summed E-state index contributed by atoms with van der Waals surface area (Å²) in [6.07, 6.45) is -3.69. The Kier molecular flexibility index (Phi) is 4.38. The average Bonchev–Trinajstić information content (AvgIpc) is 2.26. The number of halogens is 3. The number of carbonyl (C=O) groups excluding carboxylic acids is 1. The summed E-state index contributed by atoms with van der Waals surface area (Å²) in [6, 6.07) is 3.26. The molecule has 0 heterocycles. The summed E-state index contributed by atoms with van der Waals surface area (Å²) in [6.45, 7) is 4.95. The van der Waals surface area contributed by atoms with Crippen LogP contribution in [0.5, 0.6) is 5.75 Å². The monoisotopic (exact) mass is 260 g/mol. The van der Waals surface area contributed by atoms with E-state index in [2.05, 4.69) is 0 Å². The Labute approximate surface area is 104 Å². The van der Waals surface area contributed by atoms with Crippen molar-refractivity contribution in [2.45, 2.75) is 39.3 Å². The number of rotatable bonds is 3. The molecular formula is C13H15F3O2. The van der Waals surface area contributed by atoms with Gasteiger partial charge in [-0.05, 0) is 30.0 Å². The number of ether oxygens (including phenoxy) is 1. The minimum Gasteiger partial charge on any atom is -0.426 e. The Bertz CT molecular complexity index is 438. The van der Waals surface area contributed by atoms with Gasteiger partial charge in [-0.3, -0.25) is 4.79 Å². The van der Waals surface area contributed by atoms with Crippen molar-refractivity contribution in [3.05, 3.63) is 29.3 Å². The fraction of sp³-hybridized carbons (Fsp3) is 0.462. The van der Waals surface area contributed by atoms with Gasteiger partial charge >= 0.3 is 12.1 Å². The summed E-state index contributed by atoms with van der Waals surface area (Å²) >= 11 is 0. The van der Waals surface area contributed by atoms with E-state index >= 15 is 0 Å². The van der Waals surface area contributed by atoms with Crippen LogP contribution in [0.15, 0.2) is 18.2 Å². The average molecular weight is 260 g/mol. The zero-order chi connectivity index (χ0) is 13.9. The summed E-state index contributed by atoms with van der Waals surface area (Å²) in [5, 5.41) is 0. The zero-order valence-electron chi connectivity index (χ0n) is 10.5. The fourth-order valence-electron chi connectivity index (χ4n) is 1.58. The van der Waals surface area contributed by atoms with Crippen LogP contribution in [0.1, 0.15) is 44.2 Å². The maximum absolute atomic E-state index is 12.6. The Hall–Kier alpha value is -1.52. The lowest BCUT2D eigenvalue weighted by Gasteiger charge is -2.16. The molecule has 18 heavy (non-hydrogen) atoms. The molecule has 5 heteroatoms. The Morgan fingerprint density at radius 3 is 2.44 bits per heavy atom. The van der Waals surface area contributed by atoms with Crippen molar-refractivity contribution in [3.63, 3.8) is 0 Å². The molecule has 0 amide bonds. The molecule has 0 fully saturated rings. The van der Waals surface area contributed by atoms with E-state index in [1.807, 2.05) is 13.8 Å². The van der Waals surface area contributed by atoms with Crippen LogP contribution < -0.4 is 4.74 Å². The lowest BCUT2D eigenvalue weighted by Crippen LogP contribution is -2.10. The van der Waals surface area contributed by atoms with E-state index in [1.54, 1.807) is 0 Å². The van der Waals surface area contributed by atoms with Crippen molar-refractivity contribution in [2.24, 2.45) is 0 Å². The number of hydrogen-bond donors (Lipinski definition) is 0. The molecule has 0 radical (unpaired) electrons. The van der Waals surface area contributed by atoms with E-state index in [4.69, 9.17) is 4.74 Å². The standard InChI is InChI=1S/C13H15F3O2/c1-4-8(2)11-6-5-10(13(14,15)16)7-12(11)18-9(3)17/h5-8H,4H2,1-3H3. The van der Waals surface area contributed by atoms with E-state index in [0.717, 1.165) is 18.6 Å². The first-order chi connectivity index (χ1) is 8.25. The molecule has 0 aliphatic carbocycles. The normalized spacial score (nSPS) is 13.2. The molecule has 0 bridgehead atoms. The second-order valence-electron chi connectivity index (χ2n) is 4.15. The van der Waals surface area contributed by atoms with Gasteiger partial charge in [-0.15, -0.1) is 0 Å². The molecule has 1 rings (SSSR count). The molecule has 1 unspecified atom stereocenters. The maximum atomic E-state index is 12.6. The largest absolute Gasteiger partial charge is 0.426 e. The third kappa shape index (κ3) is 3.48. The second kappa shape index (κ2) is 5.42. The van der Waals surface area contributed by atoms with Gasteiger partial charge < -0.3 is 4.74 Å². The number of esters is 1. The molecule has 0 spiro atoms. The molecule has 2 nitrogen and oxygen atoms in total. The first-order valence-electron chi connectivity index (χ1n) is 5.65. The number of carbonyl (C=O) groups is 1. The van der Waals surface area contributed by atoms with Crippen LogP contribution in [0.2, 0.25) is 0 Å². The second-order valence-corrected chi connectivity index (χ2v) is 4.15. The summed E-state index contributed by atoms with van der Waals surface area (Å²) in [5.41, 5.74) is -0.202. The number of hydrogen-bond acceptors (Lipinski definition) is 2. The fourth-order valence-corrected chi connectivity index (χ4v) is 1.58. The predicted octanol–water partition coefficient (Wildman–Crippen LogP) is 4.14. The molecule has 0 aliphatic heterocycles. The van der Waals surface area contributed by atoms with Crippen LogP contribution in [0.25, 0.3) is 0 Å². The van der Waals surface area contributed by atoms with Gasteiger partial charge in [0.05, 0.1) is 5.56 Å². The molecule has 1 aromatic rings. The van der Waals surface area contributed by atoms with Crippen LogP contribution in [0.4, 0.5) is 13.2 Å². The lowest BCUT2D eigenvalue weighted by atomic mass is 9.96. The Balaban J connectivity index is 3.24. The molecular weight excluding hydrogens is 245 g/mol. The highest BCUT2D eigenvalue weighted by atomic mass is 19.4. The summed E-state index contributed by atoms with van der Waals surface area (Å²) in [7, 11) is 0. The molecule has 0 aromatic heterocycles.